The van der Waals surface area contributed by atoms with Gasteiger partial charge in [0.1, 0.15) is 0 Å². The first-order chi connectivity index (χ1) is 12.7. The molecule has 1 aromatic heterocycles. The van der Waals surface area contributed by atoms with Gasteiger partial charge < -0.3 is 15.5 Å². The van der Waals surface area contributed by atoms with Crippen LogP contribution in [-0.4, -0.2) is 73.2 Å². The Kier molecular flexibility index (Phi) is 12.3. The second-order valence-electron chi connectivity index (χ2n) is 6.92. The van der Waals surface area contributed by atoms with E-state index in [9.17, 15) is 0 Å². The zero-order valence-electron chi connectivity index (χ0n) is 17.0. The minimum absolute atomic E-state index is 0. The SMILES string of the molecule is CCCCCC(C)NC(=NC)NCCN1CCN(c2ncccn2)CC1.I. The molecular weight excluding hydrogens is 453 g/mol. The fraction of sp³-hybridized carbons (Fsp3) is 0.737. The van der Waals surface area contributed by atoms with E-state index < -0.39 is 0 Å². The van der Waals surface area contributed by atoms with Gasteiger partial charge in [-0.1, -0.05) is 26.2 Å². The molecule has 2 rings (SSSR count). The number of rotatable bonds is 9. The monoisotopic (exact) mass is 489 g/mol. The van der Waals surface area contributed by atoms with E-state index in [1.807, 2.05) is 13.1 Å². The fourth-order valence-corrected chi connectivity index (χ4v) is 3.16. The molecule has 154 valence electrons. The number of nitrogens with one attached hydrogen (secondary N) is 2. The van der Waals surface area contributed by atoms with Crippen molar-refractivity contribution in [3.63, 3.8) is 0 Å². The third-order valence-corrected chi connectivity index (χ3v) is 4.78. The molecule has 0 amide bonds. The number of hydrogen-bond acceptors (Lipinski definition) is 5. The van der Waals surface area contributed by atoms with Crippen molar-refractivity contribution in [3.8, 4) is 0 Å². The number of anilines is 1. The van der Waals surface area contributed by atoms with Gasteiger partial charge in [-0.3, -0.25) is 9.89 Å². The van der Waals surface area contributed by atoms with Crippen LogP contribution in [0, 0.1) is 0 Å². The smallest absolute Gasteiger partial charge is 0.225 e. The number of aliphatic imine (C=N–C) groups is 1. The Bertz CT molecular complexity index is 518. The molecule has 1 saturated heterocycles. The Balaban J connectivity index is 0.00000364. The van der Waals surface area contributed by atoms with E-state index >= 15 is 0 Å². The molecule has 1 aromatic rings. The lowest BCUT2D eigenvalue weighted by molar-refractivity contribution is 0.260. The lowest BCUT2D eigenvalue weighted by Gasteiger charge is -2.34. The average Bonchev–Trinajstić information content (AvgIpc) is 2.68. The van der Waals surface area contributed by atoms with Crippen LogP contribution in [-0.2, 0) is 0 Å². The maximum absolute atomic E-state index is 4.34. The molecular formula is C19H36IN7. The van der Waals surface area contributed by atoms with E-state index in [0.29, 0.717) is 6.04 Å². The van der Waals surface area contributed by atoms with Crippen molar-refractivity contribution in [2.45, 2.75) is 45.6 Å². The third-order valence-electron chi connectivity index (χ3n) is 4.78. The predicted molar refractivity (Wildman–Crippen MR) is 124 cm³/mol. The number of piperazine rings is 1. The molecule has 1 aliphatic rings. The minimum Gasteiger partial charge on any atom is -0.355 e. The molecule has 0 saturated carbocycles. The van der Waals surface area contributed by atoms with Gasteiger partial charge in [0, 0.05) is 64.8 Å². The minimum atomic E-state index is 0. The van der Waals surface area contributed by atoms with Gasteiger partial charge in [-0.2, -0.15) is 0 Å². The van der Waals surface area contributed by atoms with Crippen LogP contribution >= 0.6 is 24.0 Å². The van der Waals surface area contributed by atoms with E-state index in [1.165, 1.54) is 25.7 Å². The third kappa shape index (κ3) is 9.05. The molecule has 27 heavy (non-hydrogen) atoms. The summed E-state index contributed by atoms with van der Waals surface area (Å²) in [6.07, 6.45) is 8.65. The van der Waals surface area contributed by atoms with Crippen molar-refractivity contribution >= 4 is 35.9 Å². The predicted octanol–water partition coefficient (Wildman–Crippen LogP) is 2.35. The van der Waals surface area contributed by atoms with E-state index in [4.69, 9.17) is 0 Å². The van der Waals surface area contributed by atoms with E-state index in [0.717, 1.165) is 51.2 Å². The number of nitrogens with zero attached hydrogens (tertiary/aromatic N) is 5. The van der Waals surface area contributed by atoms with E-state index in [-0.39, 0.29) is 24.0 Å². The highest BCUT2D eigenvalue weighted by Gasteiger charge is 2.18. The highest BCUT2D eigenvalue weighted by atomic mass is 127. The number of halogens is 1. The average molecular weight is 489 g/mol. The number of aromatic nitrogens is 2. The van der Waals surface area contributed by atoms with Crippen LogP contribution in [0.2, 0.25) is 0 Å². The van der Waals surface area contributed by atoms with Gasteiger partial charge in [0.05, 0.1) is 0 Å². The molecule has 1 unspecified atom stereocenters. The molecule has 0 aliphatic carbocycles. The summed E-state index contributed by atoms with van der Waals surface area (Å²) in [5.41, 5.74) is 0. The Morgan fingerprint density at radius 2 is 1.89 bits per heavy atom. The summed E-state index contributed by atoms with van der Waals surface area (Å²) in [7, 11) is 1.84. The van der Waals surface area contributed by atoms with Crippen LogP contribution in [0.15, 0.2) is 23.5 Å². The maximum atomic E-state index is 4.34. The van der Waals surface area contributed by atoms with Crippen LogP contribution < -0.4 is 15.5 Å². The molecule has 1 fully saturated rings. The molecule has 0 radical (unpaired) electrons. The quantitative estimate of drug-likeness (QED) is 0.240. The standard InChI is InChI=1S/C19H35N7.HI/c1-4-5-6-8-17(2)24-18(20-3)21-11-12-25-13-15-26(16-14-25)19-22-9-7-10-23-19;/h7,9-10,17H,4-6,8,11-16H2,1-3H3,(H2,20,21,24);1H. The molecule has 1 aliphatic heterocycles. The molecule has 7 nitrogen and oxygen atoms in total. The Labute approximate surface area is 181 Å². The van der Waals surface area contributed by atoms with Crippen LogP contribution in [0.1, 0.15) is 39.5 Å². The zero-order valence-corrected chi connectivity index (χ0v) is 19.4. The molecule has 0 spiro atoms. The highest BCUT2D eigenvalue weighted by molar-refractivity contribution is 14.0. The Morgan fingerprint density at radius 3 is 2.52 bits per heavy atom. The van der Waals surface area contributed by atoms with Gasteiger partial charge in [-0.05, 0) is 19.4 Å². The van der Waals surface area contributed by atoms with Crippen molar-refractivity contribution in [1.29, 1.82) is 0 Å². The number of unbranched alkanes of at least 4 members (excludes halogenated alkanes) is 2. The number of hydrogen-bond donors (Lipinski definition) is 2. The molecule has 8 heteroatoms. The van der Waals surface area contributed by atoms with Crippen molar-refractivity contribution in [2.75, 3.05) is 51.2 Å². The first kappa shape index (κ1) is 23.9. The van der Waals surface area contributed by atoms with Crippen molar-refractivity contribution in [1.82, 2.24) is 25.5 Å². The van der Waals surface area contributed by atoms with Crippen LogP contribution in [0.3, 0.4) is 0 Å². The topological polar surface area (TPSA) is 68.7 Å². The molecule has 0 aromatic carbocycles. The van der Waals surface area contributed by atoms with E-state index in [2.05, 4.69) is 49.2 Å². The lowest BCUT2D eigenvalue weighted by Crippen LogP contribution is -2.50. The Hall–Kier alpha value is -1.16. The molecule has 0 bridgehead atoms. The largest absolute Gasteiger partial charge is 0.355 e. The first-order valence-corrected chi connectivity index (χ1v) is 9.94. The van der Waals surface area contributed by atoms with Crippen LogP contribution in [0.25, 0.3) is 0 Å². The summed E-state index contributed by atoms with van der Waals surface area (Å²) in [4.78, 5) is 17.7. The summed E-state index contributed by atoms with van der Waals surface area (Å²) in [5, 5.41) is 6.93. The summed E-state index contributed by atoms with van der Waals surface area (Å²) < 4.78 is 0. The molecule has 1 atom stereocenters. The first-order valence-electron chi connectivity index (χ1n) is 9.94. The molecule has 2 heterocycles. The summed E-state index contributed by atoms with van der Waals surface area (Å²) in [5.74, 6) is 1.75. The maximum Gasteiger partial charge on any atom is 0.225 e. The fourth-order valence-electron chi connectivity index (χ4n) is 3.16. The van der Waals surface area contributed by atoms with Crippen LogP contribution in [0.4, 0.5) is 5.95 Å². The van der Waals surface area contributed by atoms with Gasteiger partial charge in [-0.15, -0.1) is 24.0 Å². The molecule has 2 N–H and O–H groups in total. The second kappa shape index (κ2) is 13.9. The second-order valence-corrected chi connectivity index (χ2v) is 6.92. The summed E-state index contributed by atoms with van der Waals surface area (Å²) in [6, 6.07) is 2.32. The van der Waals surface area contributed by atoms with Crippen LogP contribution in [0.5, 0.6) is 0 Å². The van der Waals surface area contributed by atoms with Gasteiger partial charge in [0.15, 0.2) is 5.96 Å². The normalized spacial score (nSPS) is 16.6. The zero-order chi connectivity index (χ0) is 18.6. The van der Waals surface area contributed by atoms with Gasteiger partial charge in [-0.25, -0.2) is 9.97 Å². The Morgan fingerprint density at radius 1 is 1.19 bits per heavy atom. The number of guanidine groups is 1. The summed E-state index contributed by atoms with van der Waals surface area (Å²) in [6.45, 7) is 10.4. The highest BCUT2D eigenvalue weighted by Crippen LogP contribution is 2.09. The van der Waals surface area contributed by atoms with Crippen molar-refractivity contribution in [3.05, 3.63) is 18.5 Å². The lowest BCUT2D eigenvalue weighted by atomic mass is 10.1. The van der Waals surface area contributed by atoms with Crippen molar-refractivity contribution < 1.29 is 0 Å². The van der Waals surface area contributed by atoms with E-state index in [1.54, 1.807) is 12.4 Å². The van der Waals surface area contributed by atoms with Gasteiger partial charge in [0.25, 0.3) is 0 Å². The van der Waals surface area contributed by atoms with Gasteiger partial charge in [0.2, 0.25) is 5.95 Å². The van der Waals surface area contributed by atoms with Gasteiger partial charge >= 0.3 is 0 Å². The van der Waals surface area contributed by atoms with Crippen molar-refractivity contribution in [2.24, 2.45) is 4.99 Å². The summed E-state index contributed by atoms with van der Waals surface area (Å²) >= 11 is 0.